The molecule has 0 saturated carbocycles. The van der Waals surface area contributed by atoms with E-state index in [1.165, 1.54) is 13.1 Å². The Labute approximate surface area is 119 Å². The normalized spacial score (nSPS) is 12.9. The van der Waals surface area contributed by atoms with Crippen molar-refractivity contribution in [1.82, 2.24) is 4.72 Å². The molecule has 1 aromatic rings. The van der Waals surface area contributed by atoms with Crippen molar-refractivity contribution in [3.63, 3.8) is 0 Å². The van der Waals surface area contributed by atoms with Crippen LogP contribution in [0.25, 0.3) is 0 Å². The summed E-state index contributed by atoms with van der Waals surface area (Å²) in [5, 5.41) is 2.63. The number of carbonyl (C=O) groups is 1. The van der Waals surface area contributed by atoms with Crippen molar-refractivity contribution in [3.05, 3.63) is 24.3 Å². The van der Waals surface area contributed by atoms with Gasteiger partial charge in [-0.25, -0.2) is 13.1 Å². The Hall–Kier alpha value is -1.44. The van der Waals surface area contributed by atoms with Gasteiger partial charge < -0.3 is 11.1 Å². The summed E-state index contributed by atoms with van der Waals surface area (Å²) in [6, 6.07) is 6.29. The number of amides is 1. The molecule has 0 aliphatic rings. The monoisotopic (exact) mass is 299 g/mol. The largest absolute Gasteiger partial charge is 0.330 e. The first kappa shape index (κ1) is 16.6. The van der Waals surface area contributed by atoms with Crippen LogP contribution in [0.15, 0.2) is 29.2 Å². The first-order chi connectivity index (χ1) is 9.40. The standard InChI is InChI=1S/C13H21N3O3S/c1-10(9-14)7-8-13(17)16-11-5-3-4-6-12(11)20(18,19)15-2/h3-6,10,15H,7-9,14H2,1-2H3,(H,16,17). The molecule has 0 spiro atoms. The van der Waals surface area contributed by atoms with Crippen molar-refractivity contribution in [1.29, 1.82) is 0 Å². The molecule has 1 atom stereocenters. The Morgan fingerprint density at radius 2 is 2.00 bits per heavy atom. The summed E-state index contributed by atoms with van der Waals surface area (Å²) in [5.74, 6) is 0.0427. The average Bonchev–Trinajstić information content (AvgIpc) is 2.45. The summed E-state index contributed by atoms with van der Waals surface area (Å²) in [6.45, 7) is 2.49. The van der Waals surface area contributed by atoms with Gasteiger partial charge in [0.1, 0.15) is 4.90 Å². The summed E-state index contributed by atoms with van der Waals surface area (Å²) in [5.41, 5.74) is 5.78. The van der Waals surface area contributed by atoms with E-state index in [1.54, 1.807) is 18.2 Å². The molecule has 0 fully saturated rings. The molecule has 0 aliphatic heterocycles. The lowest BCUT2D eigenvalue weighted by Gasteiger charge is -2.12. The van der Waals surface area contributed by atoms with Gasteiger partial charge in [0, 0.05) is 6.42 Å². The quantitative estimate of drug-likeness (QED) is 0.696. The van der Waals surface area contributed by atoms with E-state index in [4.69, 9.17) is 5.73 Å². The minimum absolute atomic E-state index is 0.0581. The third kappa shape index (κ3) is 4.59. The van der Waals surface area contributed by atoms with Crippen molar-refractivity contribution >= 4 is 21.6 Å². The predicted molar refractivity (Wildman–Crippen MR) is 78.8 cm³/mol. The molecule has 0 aromatic heterocycles. The van der Waals surface area contributed by atoms with Crippen LogP contribution in [0.4, 0.5) is 5.69 Å². The molecule has 6 nitrogen and oxygen atoms in total. The zero-order valence-electron chi connectivity index (χ0n) is 11.7. The Morgan fingerprint density at radius 3 is 2.60 bits per heavy atom. The number of benzene rings is 1. The fourth-order valence-electron chi connectivity index (χ4n) is 1.62. The molecule has 1 amide bonds. The minimum Gasteiger partial charge on any atom is -0.330 e. The van der Waals surface area contributed by atoms with Crippen LogP contribution < -0.4 is 15.8 Å². The number of hydrogen-bond acceptors (Lipinski definition) is 4. The summed E-state index contributed by atoms with van der Waals surface area (Å²) in [4.78, 5) is 11.9. The van der Waals surface area contributed by atoms with Crippen LogP contribution >= 0.6 is 0 Å². The molecule has 4 N–H and O–H groups in total. The minimum atomic E-state index is -3.60. The lowest BCUT2D eigenvalue weighted by molar-refractivity contribution is -0.116. The molecule has 0 aliphatic carbocycles. The van der Waals surface area contributed by atoms with Gasteiger partial charge in [-0.15, -0.1) is 0 Å². The second-order valence-corrected chi connectivity index (χ2v) is 6.49. The molecule has 112 valence electrons. The second-order valence-electron chi connectivity index (χ2n) is 4.63. The highest BCUT2D eigenvalue weighted by Gasteiger charge is 2.17. The van der Waals surface area contributed by atoms with Gasteiger partial charge in [-0.05, 0) is 38.1 Å². The zero-order valence-corrected chi connectivity index (χ0v) is 12.5. The van der Waals surface area contributed by atoms with E-state index in [2.05, 4.69) is 10.0 Å². The number of sulfonamides is 1. The van der Waals surface area contributed by atoms with Gasteiger partial charge in [-0.2, -0.15) is 0 Å². The predicted octanol–water partition coefficient (Wildman–Crippen LogP) is 0.908. The van der Waals surface area contributed by atoms with Gasteiger partial charge in [0.05, 0.1) is 5.69 Å². The number of para-hydroxylation sites is 1. The lowest BCUT2D eigenvalue weighted by Crippen LogP contribution is -2.22. The first-order valence-electron chi connectivity index (χ1n) is 6.43. The van der Waals surface area contributed by atoms with Gasteiger partial charge in [0.15, 0.2) is 0 Å². The Bertz CT molecular complexity index is 558. The van der Waals surface area contributed by atoms with E-state index in [1.807, 2.05) is 6.92 Å². The van der Waals surface area contributed by atoms with Crippen LogP contribution in [0.5, 0.6) is 0 Å². The maximum atomic E-state index is 11.8. The molecule has 1 aromatic carbocycles. The Balaban J connectivity index is 2.81. The van der Waals surface area contributed by atoms with Crippen molar-refractivity contribution in [3.8, 4) is 0 Å². The van der Waals surface area contributed by atoms with Gasteiger partial charge in [-0.1, -0.05) is 19.1 Å². The Morgan fingerprint density at radius 1 is 1.35 bits per heavy atom. The number of hydrogen-bond donors (Lipinski definition) is 3. The highest BCUT2D eigenvalue weighted by Crippen LogP contribution is 2.20. The Kier molecular flexibility index (Phi) is 6.12. The van der Waals surface area contributed by atoms with Gasteiger partial charge in [0.2, 0.25) is 15.9 Å². The van der Waals surface area contributed by atoms with Crippen molar-refractivity contribution in [2.75, 3.05) is 18.9 Å². The van der Waals surface area contributed by atoms with E-state index in [-0.39, 0.29) is 22.4 Å². The van der Waals surface area contributed by atoms with Crippen molar-refractivity contribution in [2.24, 2.45) is 11.7 Å². The number of anilines is 1. The van der Waals surface area contributed by atoms with E-state index in [9.17, 15) is 13.2 Å². The van der Waals surface area contributed by atoms with E-state index in [0.717, 1.165) is 0 Å². The molecular weight excluding hydrogens is 278 g/mol. The fraction of sp³-hybridized carbons (Fsp3) is 0.462. The number of rotatable bonds is 7. The molecule has 0 radical (unpaired) electrons. The molecule has 0 bridgehead atoms. The summed E-state index contributed by atoms with van der Waals surface area (Å²) >= 11 is 0. The van der Waals surface area contributed by atoms with Crippen LogP contribution in [0, 0.1) is 5.92 Å². The summed E-state index contributed by atoms with van der Waals surface area (Å²) < 4.78 is 25.9. The van der Waals surface area contributed by atoms with E-state index < -0.39 is 10.0 Å². The van der Waals surface area contributed by atoms with Gasteiger partial charge in [0.25, 0.3) is 0 Å². The van der Waals surface area contributed by atoms with Crippen LogP contribution in [-0.4, -0.2) is 27.9 Å². The zero-order chi connectivity index (χ0) is 15.2. The van der Waals surface area contributed by atoms with Crippen LogP contribution in [0.2, 0.25) is 0 Å². The van der Waals surface area contributed by atoms with E-state index >= 15 is 0 Å². The summed E-state index contributed by atoms with van der Waals surface area (Å²) in [6.07, 6.45) is 0.982. The maximum absolute atomic E-state index is 11.8. The molecule has 0 heterocycles. The highest BCUT2D eigenvalue weighted by atomic mass is 32.2. The van der Waals surface area contributed by atoms with E-state index in [0.29, 0.717) is 19.4 Å². The molecule has 1 unspecified atom stereocenters. The van der Waals surface area contributed by atoms with Crippen molar-refractivity contribution < 1.29 is 13.2 Å². The van der Waals surface area contributed by atoms with Crippen molar-refractivity contribution in [2.45, 2.75) is 24.7 Å². The average molecular weight is 299 g/mol. The molecule has 1 rings (SSSR count). The van der Waals surface area contributed by atoms with Crippen LogP contribution in [0.1, 0.15) is 19.8 Å². The van der Waals surface area contributed by atoms with Crippen LogP contribution in [0.3, 0.4) is 0 Å². The van der Waals surface area contributed by atoms with Gasteiger partial charge >= 0.3 is 0 Å². The molecule has 0 saturated heterocycles. The third-order valence-corrected chi connectivity index (χ3v) is 4.46. The number of carbonyl (C=O) groups excluding carboxylic acids is 1. The topological polar surface area (TPSA) is 101 Å². The first-order valence-corrected chi connectivity index (χ1v) is 7.91. The molecule has 7 heteroatoms. The fourth-order valence-corrected chi connectivity index (χ4v) is 2.51. The third-order valence-electron chi connectivity index (χ3n) is 2.99. The molecular formula is C13H21N3O3S. The number of nitrogens with two attached hydrogens (primary N) is 1. The molecule has 20 heavy (non-hydrogen) atoms. The highest BCUT2D eigenvalue weighted by molar-refractivity contribution is 7.89. The lowest BCUT2D eigenvalue weighted by atomic mass is 10.1. The summed E-state index contributed by atoms with van der Waals surface area (Å²) in [7, 11) is -2.26. The van der Waals surface area contributed by atoms with Crippen LogP contribution in [-0.2, 0) is 14.8 Å². The smallest absolute Gasteiger partial charge is 0.242 e. The second kappa shape index (κ2) is 7.37. The SMILES string of the molecule is CNS(=O)(=O)c1ccccc1NC(=O)CCC(C)CN. The van der Waals surface area contributed by atoms with Gasteiger partial charge in [-0.3, -0.25) is 4.79 Å². The number of nitrogens with one attached hydrogen (secondary N) is 2. The maximum Gasteiger partial charge on any atom is 0.242 e.